The lowest BCUT2D eigenvalue weighted by Gasteiger charge is -2.18. The van der Waals surface area contributed by atoms with Crippen LogP contribution >= 0.6 is 27.5 Å². The lowest BCUT2D eigenvalue weighted by molar-refractivity contribution is 0.213. The van der Waals surface area contributed by atoms with Crippen LogP contribution in [0.3, 0.4) is 0 Å². The molecule has 0 amide bonds. The summed E-state index contributed by atoms with van der Waals surface area (Å²) in [5.74, 6) is 0.170. The van der Waals surface area contributed by atoms with Crippen molar-refractivity contribution in [2.75, 3.05) is 7.11 Å². The van der Waals surface area contributed by atoms with Gasteiger partial charge in [0.2, 0.25) is 0 Å². The predicted octanol–water partition coefficient (Wildman–Crippen LogP) is 4.64. The molecule has 0 aliphatic rings. The minimum Gasteiger partial charge on any atom is -0.495 e. The Morgan fingerprint density at radius 1 is 1.25 bits per heavy atom. The van der Waals surface area contributed by atoms with E-state index in [1.54, 1.807) is 25.1 Å². The van der Waals surface area contributed by atoms with Crippen molar-refractivity contribution in [2.45, 2.75) is 13.0 Å². The maximum Gasteiger partial charge on any atom is 0.139 e. The number of hydrogen-bond donors (Lipinski definition) is 1. The third-order valence-corrected chi connectivity index (χ3v) is 3.87. The minimum absolute atomic E-state index is 0.335. The highest BCUT2D eigenvalue weighted by atomic mass is 79.9. The molecule has 106 valence electrons. The average Bonchev–Trinajstić information content (AvgIpc) is 2.37. The van der Waals surface area contributed by atoms with Gasteiger partial charge in [0.05, 0.1) is 11.6 Å². The second kappa shape index (κ2) is 6.12. The van der Waals surface area contributed by atoms with Gasteiger partial charge in [-0.05, 0) is 58.2 Å². The van der Waals surface area contributed by atoms with E-state index in [-0.39, 0.29) is 5.82 Å². The molecule has 0 aliphatic heterocycles. The van der Waals surface area contributed by atoms with Gasteiger partial charge in [-0.1, -0.05) is 17.7 Å². The molecule has 2 rings (SSSR count). The number of ether oxygens (including phenoxy) is 1. The smallest absolute Gasteiger partial charge is 0.139 e. The second-order valence-corrected chi connectivity index (χ2v) is 5.70. The van der Waals surface area contributed by atoms with E-state index >= 15 is 0 Å². The summed E-state index contributed by atoms with van der Waals surface area (Å²) >= 11 is 9.37. The molecule has 1 N–H and O–H groups in total. The van der Waals surface area contributed by atoms with Crippen molar-refractivity contribution in [1.29, 1.82) is 0 Å². The molecule has 0 saturated heterocycles. The van der Waals surface area contributed by atoms with Crippen LogP contribution in [0.25, 0.3) is 0 Å². The van der Waals surface area contributed by atoms with E-state index in [9.17, 15) is 9.50 Å². The molecule has 0 fully saturated rings. The zero-order chi connectivity index (χ0) is 14.9. The van der Waals surface area contributed by atoms with Crippen LogP contribution in [0.1, 0.15) is 22.8 Å². The van der Waals surface area contributed by atoms with Gasteiger partial charge in [-0.25, -0.2) is 4.39 Å². The SMILES string of the molecule is COc1c(Br)cc(Cl)cc1C(O)c1ccc(F)cc1C. The number of aliphatic hydroxyl groups is 1. The van der Waals surface area contributed by atoms with E-state index < -0.39 is 6.10 Å². The lowest BCUT2D eigenvalue weighted by atomic mass is 9.97. The Morgan fingerprint density at radius 3 is 2.55 bits per heavy atom. The summed E-state index contributed by atoms with van der Waals surface area (Å²) < 4.78 is 19.1. The highest BCUT2D eigenvalue weighted by molar-refractivity contribution is 9.10. The third kappa shape index (κ3) is 2.97. The fourth-order valence-electron chi connectivity index (χ4n) is 2.11. The standard InChI is InChI=1S/C15H13BrClFO2/c1-8-5-10(18)3-4-11(8)14(19)12-6-9(17)7-13(16)15(12)20-2/h3-7,14,19H,1-2H3. The molecular weight excluding hydrogens is 347 g/mol. The van der Waals surface area contributed by atoms with Crippen LogP contribution < -0.4 is 4.74 Å². The van der Waals surface area contributed by atoms with Crippen LogP contribution in [0.15, 0.2) is 34.8 Å². The van der Waals surface area contributed by atoms with E-state index in [2.05, 4.69) is 15.9 Å². The van der Waals surface area contributed by atoms with Gasteiger partial charge < -0.3 is 9.84 Å². The Balaban J connectivity index is 2.55. The van der Waals surface area contributed by atoms with Gasteiger partial charge in [0, 0.05) is 10.6 Å². The summed E-state index contributed by atoms with van der Waals surface area (Å²) in [4.78, 5) is 0. The molecule has 5 heteroatoms. The maximum atomic E-state index is 13.2. The minimum atomic E-state index is -0.944. The fraction of sp³-hybridized carbons (Fsp3) is 0.200. The summed E-state index contributed by atoms with van der Waals surface area (Å²) in [7, 11) is 1.52. The molecule has 0 aromatic heterocycles. The molecule has 0 heterocycles. The highest BCUT2D eigenvalue weighted by Crippen LogP contribution is 2.38. The molecular formula is C15H13BrClFO2. The quantitative estimate of drug-likeness (QED) is 0.865. The Bertz CT molecular complexity index is 646. The Kier molecular flexibility index (Phi) is 4.68. The zero-order valence-electron chi connectivity index (χ0n) is 11.0. The molecule has 0 bridgehead atoms. The van der Waals surface area contributed by atoms with Gasteiger partial charge in [0.1, 0.15) is 17.7 Å². The van der Waals surface area contributed by atoms with Crippen LogP contribution in [0.4, 0.5) is 4.39 Å². The Morgan fingerprint density at radius 2 is 1.95 bits per heavy atom. The van der Waals surface area contributed by atoms with Crippen molar-refractivity contribution in [3.8, 4) is 5.75 Å². The summed E-state index contributed by atoms with van der Waals surface area (Å²) in [5.41, 5.74) is 1.80. The Hall–Kier alpha value is -1.10. The number of benzene rings is 2. The predicted molar refractivity (Wildman–Crippen MR) is 80.9 cm³/mol. The van der Waals surface area contributed by atoms with Gasteiger partial charge in [-0.2, -0.15) is 0 Å². The zero-order valence-corrected chi connectivity index (χ0v) is 13.3. The van der Waals surface area contributed by atoms with Crippen LogP contribution in [0, 0.1) is 12.7 Å². The molecule has 2 aromatic rings. The van der Waals surface area contributed by atoms with E-state index in [0.29, 0.717) is 31.9 Å². The number of halogens is 3. The van der Waals surface area contributed by atoms with Crippen molar-refractivity contribution < 1.29 is 14.2 Å². The van der Waals surface area contributed by atoms with Crippen molar-refractivity contribution in [1.82, 2.24) is 0 Å². The van der Waals surface area contributed by atoms with Crippen molar-refractivity contribution in [3.63, 3.8) is 0 Å². The van der Waals surface area contributed by atoms with Crippen molar-refractivity contribution in [2.24, 2.45) is 0 Å². The van der Waals surface area contributed by atoms with Gasteiger partial charge in [-0.15, -0.1) is 0 Å². The number of aryl methyl sites for hydroxylation is 1. The summed E-state index contributed by atoms with van der Waals surface area (Å²) in [5, 5.41) is 11.0. The number of hydrogen-bond acceptors (Lipinski definition) is 2. The molecule has 1 unspecified atom stereocenters. The number of aliphatic hydroxyl groups excluding tert-OH is 1. The molecule has 0 radical (unpaired) electrons. The van der Waals surface area contributed by atoms with E-state index in [1.807, 2.05) is 0 Å². The van der Waals surface area contributed by atoms with E-state index in [4.69, 9.17) is 16.3 Å². The van der Waals surface area contributed by atoms with Gasteiger partial charge in [0.15, 0.2) is 0 Å². The first-order chi connectivity index (χ1) is 9.43. The average molecular weight is 360 g/mol. The van der Waals surface area contributed by atoms with Gasteiger partial charge in [-0.3, -0.25) is 0 Å². The topological polar surface area (TPSA) is 29.5 Å². The normalized spacial score (nSPS) is 12.3. The van der Waals surface area contributed by atoms with Crippen LogP contribution in [0.2, 0.25) is 5.02 Å². The number of rotatable bonds is 3. The summed E-state index contributed by atoms with van der Waals surface area (Å²) in [6.07, 6.45) is -0.944. The molecule has 2 aromatic carbocycles. The molecule has 0 saturated carbocycles. The second-order valence-electron chi connectivity index (χ2n) is 4.41. The molecule has 1 atom stereocenters. The first kappa shape index (κ1) is 15.3. The van der Waals surface area contributed by atoms with Crippen molar-refractivity contribution in [3.05, 3.63) is 62.3 Å². The van der Waals surface area contributed by atoms with Crippen LogP contribution in [-0.2, 0) is 0 Å². The van der Waals surface area contributed by atoms with Crippen LogP contribution in [-0.4, -0.2) is 12.2 Å². The van der Waals surface area contributed by atoms with Gasteiger partial charge in [0.25, 0.3) is 0 Å². The first-order valence-electron chi connectivity index (χ1n) is 5.91. The van der Waals surface area contributed by atoms with E-state index in [1.165, 1.54) is 19.2 Å². The fourth-order valence-corrected chi connectivity index (χ4v) is 3.11. The van der Waals surface area contributed by atoms with Gasteiger partial charge >= 0.3 is 0 Å². The van der Waals surface area contributed by atoms with Crippen molar-refractivity contribution >= 4 is 27.5 Å². The maximum absolute atomic E-state index is 13.2. The number of methoxy groups -OCH3 is 1. The summed E-state index contributed by atoms with van der Waals surface area (Å²) in [6.45, 7) is 1.74. The molecule has 20 heavy (non-hydrogen) atoms. The van der Waals surface area contributed by atoms with E-state index in [0.717, 1.165) is 0 Å². The molecule has 2 nitrogen and oxygen atoms in total. The van der Waals surface area contributed by atoms with Crippen LogP contribution in [0.5, 0.6) is 5.75 Å². The third-order valence-electron chi connectivity index (χ3n) is 3.06. The monoisotopic (exact) mass is 358 g/mol. The molecule has 0 spiro atoms. The molecule has 0 aliphatic carbocycles. The first-order valence-corrected chi connectivity index (χ1v) is 7.08. The summed E-state index contributed by atoms with van der Waals surface area (Å²) in [6, 6.07) is 7.58. The largest absolute Gasteiger partial charge is 0.495 e. The highest BCUT2D eigenvalue weighted by Gasteiger charge is 2.20. The Labute approximate surface area is 130 Å². The lowest BCUT2D eigenvalue weighted by Crippen LogP contribution is -2.05.